The van der Waals surface area contributed by atoms with E-state index >= 15 is 0 Å². The first-order valence-corrected chi connectivity index (χ1v) is 7.53. The maximum absolute atomic E-state index is 11.7. The Morgan fingerprint density at radius 3 is 2.67 bits per heavy atom. The lowest BCUT2D eigenvalue weighted by Crippen LogP contribution is -2.11. The molecule has 0 spiro atoms. The van der Waals surface area contributed by atoms with Gasteiger partial charge in [0.25, 0.3) is 0 Å². The van der Waals surface area contributed by atoms with Gasteiger partial charge in [-0.05, 0) is 18.4 Å². The number of esters is 1. The summed E-state index contributed by atoms with van der Waals surface area (Å²) >= 11 is 0. The monoisotopic (exact) mass is 290 g/mol. The number of hydrogen-bond donors (Lipinski definition) is 1. The van der Waals surface area contributed by atoms with E-state index in [9.17, 15) is 9.90 Å². The second-order valence-corrected chi connectivity index (χ2v) is 5.23. The predicted molar refractivity (Wildman–Crippen MR) is 79.5 cm³/mol. The molecule has 0 saturated carbocycles. The van der Waals surface area contributed by atoms with E-state index in [-0.39, 0.29) is 18.1 Å². The molecule has 1 aliphatic heterocycles. The summed E-state index contributed by atoms with van der Waals surface area (Å²) in [6.07, 6.45) is 4.43. The van der Waals surface area contributed by atoms with Crippen LogP contribution in [0.4, 0.5) is 0 Å². The highest BCUT2D eigenvalue weighted by molar-refractivity contribution is 5.89. The highest BCUT2D eigenvalue weighted by Gasteiger charge is 2.35. The Labute approximate surface area is 125 Å². The number of hydrogen-bond acceptors (Lipinski definition) is 4. The number of carbonyl (C=O) groups is 1. The van der Waals surface area contributed by atoms with E-state index in [1.165, 1.54) is 0 Å². The molecule has 1 aromatic carbocycles. The van der Waals surface area contributed by atoms with Crippen molar-refractivity contribution < 1.29 is 19.4 Å². The van der Waals surface area contributed by atoms with E-state index in [0.717, 1.165) is 31.2 Å². The number of rotatable bonds is 8. The minimum absolute atomic E-state index is 0.0423. The van der Waals surface area contributed by atoms with Crippen molar-refractivity contribution in [3.63, 3.8) is 0 Å². The van der Waals surface area contributed by atoms with Crippen molar-refractivity contribution >= 4 is 5.97 Å². The van der Waals surface area contributed by atoms with Gasteiger partial charge in [-0.2, -0.15) is 0 Å². The van der Waals surface area contributed by atoms with Gasteiger partial charge in [0.05, 0.1) is 0 Å². The van der Waals surface area contributed by atoms with Crippen LogP contribution in [0.3, 0.4) is 0 Å². The van der Waals surface area contributed by atoms with Gasteiger partial charge < -0.3 is 14.6 Å². The summed E-state index contributed by atoms with van der Waals surface area (Å²) in [6, 6.07) is 9.52. The van der Waals surface area contributed by atoms with Crippen molar-refractivity contribution in [1.82, 2.24) is 0 Å². The molecule has 1 aliphatic rings. The topological polar surface area (TPSA) is 55.8 Å². The summed E-state index contributed by atoms with van der Waals surface area (Å²) in [6.45, 7) is 2.39. The normalized spacial score (nSPS) is 18.0. The average molecular weight is 290 g/mol. The van der Waals surface area contributed by atoms with Crippen LogP contribution in [-0.4, -0.2) is 17.2 Å². The first kappa shape index (κ1) is 15.4. The van der Waals surface area contributed by atoms with Crippen LogP contribution in [0.1, 0.15) is 44.6 Å². The molecule has 0 bridgehead atoms. The number of cyclic esters (lactones) is 1. The van der Waals surface area contributed by atoms with Crippen molar-refractivity contribution in [3.8, 4) is 0 Å². The first-order chi connectivity index (χ1) is 10.2. The third-order valence-electron chi connectivity index (χ3n) is 3.52. The zero-order valence-corrected chi connectivity index (χ0v) is 12.4. The lowest BCUT2D eigenvalue weighted by molar-refractivity contribution is -0.143. The van der Waals surface area contributed by atoms with Crippen LogP contribution in [-0.2, 0) is 20.9 Å². The third-order valence-corrected chi connectivity index (χ3v) is 3.52. The second kappa shape index (κ2) is 7.72. The molecule has 4 heteroatoms. The van der Waals surface area contributed by atoms with Gasteiger partial charge in [-0.25, -0.2) is 4.79 Å². The molecule has 1 unspecified atom stereocenters. The SMILES string of the molecule is CCCCCCC1OC(=O)C(OCc2ccccc2)=C1O. The van der Waals surface area contributed by atoms with E-state index in [1.807, 2.05) is 30.3 Å². The molecule has 0 saturated heterocycles. The van der Waals surface area contributed by atoms with Crippen LogP contribution in [0.15, 0.2) is 41.9 Å². The molecule has 1 heterocycles. The molecular formula is C17H22O4. The molecule has 21 heavy (non-hydrogen) atoms. The number of carbonyl (C=O) groups excluding carboxylic acids is 1. The lowest BCUT2D eigenvalue weighted by Gasteiger charge is -2.08. The number of aliphatic hydroxyl groups excluding tert-OH is 1. The molecular weight excluding hydrogens is 268 g/mol. The van der Waals surface area contributed by atoms with Gasteiger partial charge >= 0.3 is 5.97 Å². The lowest BCUT2D eigenvalue weighted by atomic mass is 10.1. The molecule has 1 aromatic rings. The van der Waals surface area contributed by atoms with Crippen LogP contribution in [0.5, 0.6) is 0 Å². The van der Waals surface area contributed by atoms with Crippen molar-refractivity contribution in [2.75, 3.05) is 0 Å². The van der Waals surface area contributed by atoms with Crippen molar-refractivity contribution in [2.24, 2.45) is 0 Å². The Bertz CT molecular complexity index is 493. The van der Waals surface area contributed by atoms with Crippen LogP contribution >= 0.6 is 0 Å². The van der Waals surface area contributed by atoms with Crippen LogP contribution < -0.4 is 0 Å². The number of benzene rings is 1. The van der Waals surface area contributed by atoms with E-state index < -0.39 is 12.1 Å². The number of aliphatic hydroxyl groups is 1. The largest absolute Gasteiger partial charge is 0.505 e. The van der Waals surface area contributed by atoms with E-state index in [2.05, 4.69) is 6.92 Å². The number of unbranched alkanes of at least 4 members (excludes halogenated alkanes) is 3. The molecule has 0 radical (unpaired) electrons. The molecule has 0 aromatic heterocycles. The fourth-order valence-corrected chi connectivity index (χ4v) is 2.30. The standard InChI is InChI=1S/C17H22O4/c1-2-3-4-8-11-14-15(18)16(17(19)21-14)20-12-13-9-6-5-7-10-13/h5-7,9-10,14,18H,2-4,8,11-12H2,1H3. The van der Waals surface area contributed by atoms with Gasteiger partial charge in [-0.15, -0.1) is 0 Å². The smallest absolute Gasteiger partial charge is 0.378 e. The van der Waals surface area contributed by atoms with Crippen molar-refractivity contribution in [1.29, 1.82) is 0 Å². The molecule has 0 fully saturated rings. The van der Waals surface area contributed by atoms with Crippen molar-refractivity contribution in [2.45, 2.75) is 51.7 Å². The molecule has 4 nitrogen and oxygen atoms in total. The number of ether oxygens (including phenoxy) is 2. The minimum atomic E-state index is -0.566. The Hall–Kier alpha value is -1.97. The van der Waals surface area contributed by atoms with Gasteiger partial charge in [0.2, 0.25) is 5.76 Å². The Kier molecular flexibility index (Phi) is 5.67. The van der Waals surface area contributed by atoms with Gasteiger partial charge in [0, 0.05) is 0 Å². The van der Waals surface area contributed by atoms with Gasteiger partial charge in [0.15, 0.2) is 11.9 Å². The van der Waals surface area contributed by atoms with Crippen LogP contribution in [0.25, 0.3) is 0 Å². The van der Waals surface area contributed by atoms with E-state index in [1.54, 1.807) is 0 Å². The average Bonchev–Trinajstić information content (AvgIpc) is 2.77. The third kappa shape index (κ3) is 4.25. The van der Waals surface area contributed by atoms with E-state index in [0.29, 0.717) is 6.42 Å². The molecule has 2 rings (SSSR count). The Morgan fingerprint density at radius 2 is 1.95 bits per heavy atom. The van der Waals surface area contributed by atoms with Crippen molar-refractivity contribution in [3.05, 3.63) is 47.4 Å². The van der Waals surface area contributed by atoms with Gasteiger partial charge in [-0.1, -0.05) is 56.5 Å². The zero-order valence-electron chi connectivity index (χ0n) is 12.4. The summed E-state index contributed by atoms with van der Waals surface area (Å²) in [4.78, 5) is 11.7. The first-order valence-electron chi connectivity index (χ1n) is 7.53. The maximum atomic E-state index is 11.7. The Balaban J connectivity index is 1.88. The van der Waals surface area contributed by atoms with E-state index in [4.69, 9.17) is 9.47 Å². The fraction of sp³-hybridized carbons (Fsp3) is 0.471. The minimum Gasteiger partial charge on any atom is -0.505 e. The van der Waals surface area contributed by atoms with Gasteiger partial charge in [-0.3, -0.25) is 0 Å². The highest BCUT2D eigenvalue weighted by atomic mass is 16.6. The maximum Gasteiger partial charge on any atom is 0.378 e. The summed E-state index contributed by atoms with van der Waals surface area (Å²) in [5.41, 5.74) is 0.942. The summed E-state index contributed by atoms with van der Waals surface area (Å²) in [7, 11) is 0. The molecule has 0 amide bonds. The molecule has 0 aliphatic carbocycles. The summed E-state index contributed by atoms with van der Waals surface area (Å²) in [5, 5.41) is 10.1. The molecule has 1 atom stereocenters. The zero-order chi connectivity index (χ0) is 15.1. The molecule has 1 N–H and O–H groups in total. The molecule has 114 valence electrons. The quantitative estimate of drug-likeness (QED) is 0.583. The highest BCUT2D eigenvalue weighted by Crippen LogP contribution is 2.26. The van der Waals surface area contributed by atoms with Crippen LogP contribution in [0.2, 0.25) is 0 Å². The fourth-order valence-electron chi connectivity index (χ4n) is 2.30. The van der Waals surface area contributed by atoms with Gasteiger partial charge in [0.1, 0.15) is 6.61 Å². The summed E-state index contributed by atoms with van der Waals surface area (Å²) < 4.78 is 10.6. The summed E-state index contributed by atoms with van der Waals surface area (Å²) in [5.74, 6) is -0.671. The predicted octanol–water partition coefficient (Wildman–Crippen LogP) is 3.87. The Morgan fingerprint density at radius 1 is 1.19 bits per heavy atom. The second-order valence-electron chi connectivity index (χ2n) is 5.23. The van der Waals surface area contributed by atoms with Crippen LogP contribution in [0, 0.1) is 0 Å².